The zero-order valence-electron chi connectivity index (χ0n) is 7.15. The van der Waals surface area contributed by atoms with Gasteiger partial charge in [0, 0.05) is 18.4 Å². The van der Waals surface area contributed by atoms with Gasteiger partial charge in [-0.1, -0.05) is 0 Å². The molecule has 0 aromatic carbocycles. The van der Waals surface area contributed by atoms with Crippen molar-refractivity contribution < 1.29 is 9.90 Å². The molecule has 0 atom stereocenters. The molecule has 0 radical (unpaired) electrons. The van der Waals surface area contributed by atoms with Crippen molar-refractivity contribution >= 4 is 18.4 Å². The first-order valence-corrected chi connectivity index (χ1v) is 3.54. The van der Waals surface area contributed by atoms with E-state index >= 15 is 0 Å². The lowest BCUT2D eigenvalue weighted by Crippen LogP contribution is -2.08. The minimum absolute atomic E-state index is 0. The minimum Gasteiger partial charge on any atom is -0.478 e. The second-order valence-electron chi connectivity index (χ2n) is 2.49. The minimum atomic E-state index is -0.957. The molecule has 4 nitrogen and oxygen atoms in total. The molecule has 0 aliphatic heterocycles. The first-order chi connectivity index (χ1) is 5.65. The van der Waals surface area contributed by atoms with Crippen molar-refractivity contribution in [2.45, 2.75) is 13.5 Å². The third kappa shape index (κ3) is 2.68. The molecule has 1 aromatic heterocycles. The molecule has 5 heteroatoms. The predicted molar refractivity (Wildman–Crippen MR) is 51.1 cm³/mol. The molecule has 0 amide bonds. The number of pyridine rings is 1. The fourth-order valence-corrected chi connectivity index (χ4v) is 0.950. The van der Waals surface area contributed by atoms with Gasteiger partial charge in [-0.3, -0.25) is 4.98 Å². The van der Waals surface area contributed by atoms with Crippen molar-refractivity contribution in [1.82, 2.24) is 4.98 Å². The Kier molecular flexibility index (Phi) is 4.37. The second kappa shape index (κ2) is 4.79. The van der Waals surface area contributed by atoms with Crippen LogP contribution in [-0.2, 0) is 6.54 Å². The summed E-state index contributed by atoms with van der Waals surface area (Å²) in [5.74, 6) is -0.957. The number of carbonyl (C=O) groups is 1. The van der Waals surface area contributed by atoms with Crippen LogP contribution < -0.4 is 5.73 Å². The molecule has 0 unspecified atom stereocenters. The molecule has 0 fully saturated rings. The van der Waals surface area contributed by atoms with Crippen molar-refractivity contribution in [3.05, 3.63) is 29.1 Å². The highest BCUT2D eigenvalue weighted by Gasteiger charge is 2.08. The Morgan fingerprint density at radius 2 is 2.31 bits per heavy atom. The van der Waals surface area contributed by atoms with Crippen molar-refractivity contribution in [3.63, 3.8) is 0 Å². The van der Waals surface area contributed by atoms with Gasteiger partial charge in [0.1, 0.15) is 0 Å². The maximum Gasteiger partial charge on any atom is 0.336 e. The maximum absolute atomic E-state index is 10.6. The fourth-order valence-electron chi connectivity index (χ4n) is 0.950. The van der Waals surface area contributed by atoms with Crippen LogP contribution >= 0.6 is 12.4 Å². The summed E-state index contributed by atoms with van der Waals surface area (Å²) in [5.41, 5.74) is 6.82. The van der Waals surface area contributed by atoms with E-state index in [-0.39, 0.29) is 24.5 Å². The van der Waals surface area contributed by atoms with Crippen LogP contribution in [0.3, 0.4) is 0 Å². The van der Waals surface area contributed by atoms with Gasteiger partial charge in [0.2, 0.25) is 0 Å². The third-order valence-electron chi connectivity index (χ3n) is 1.57. The lowest BCUT2D eigenvalue weighted by molar-refractivity contribution is 0.0695. The largest absolute Gasteiger partial charge is 0.478 e. The molecule has 1 heterocycles. The molecule has 0 aliphatic rings. The summed E-state index contributed by atoms with van der Waals surface area (Å²) in [7, 11) is 0. The lowest BCUT2D eigenvalue weighted by atomic mass is 10.1. The number of nitrogens with two attached hydrogens (primary N) is 1. The predicted octanol–water partition coefficient (Wildman–Crippen LogP) is 0.969. The Labute approximate surface area is 82.2 Å². The Morgan fingerprint density at radius 3 is 2.77 bits per heavy atom. The Balaban J connectivity index is 0.00000144. The van der Waals surface area contributed by atoms with E-state index in [0.717, 1.165) is 0 Å². The highest BCUT2D eigenvalue weighted by molar-refractivity contribution is 5.89. The summed E-state index contributed by atoms with van der Waals surface area (Å²) in [6, 6.07) is 1.52. The number of nitrogens with zero attached hydrogens (tertiary/aromatic N) is 1. The average Bonchev–Trinajstić information content (AvgIpc) is 2.04. The highest BCUT2D eigenvalue weighted by Crippen LogP contribution is 2.08. The molecule has 0 aliphatic carbocycles. The summed E-state index contributed by atoms with van der Waals surface area (Å²) in [5, 5.41) is 8.74. The Morgan fingerprint density at radius 1 is 1.69 bits per heavy atom. The monoisotopic (exact) mass is 202 g/mol. The van der Waals surface area contributed by atoms with Crippen molar-refractivity contribution in [2.75, 3.05) is 0 Å². The van der Waals surface area contributed by atoms with E-state index in [9.17, 15) is 4.79 Å². The number of carboxylic acids is 1. The van der Waals surface area contributed by atoms with Gasteiger partial charge in [0.25, 0.3) is 0 Å². The number of rotatable bonds is 2. The van der Waals surface area contributed by atoms with Crippen LogP contribution in [0.15, 0.2) is 12.3 Å². The Hall–Kier alpha value is -1.13. The molecular formula is C8H11ClN2O2. The SMILES string of the molecule is Cc1cc(C(=O)O)c(CN)cn1.Cl. The number of halogens is 1. The van der Waals surface area contributed by atoms with E-state index in [1.165, 1.54) is 12.3 Å². The number of carboxylic acid groups (broad SMARTS) is 1. The van der Waals surface area contributed by atoms with Gasteiger partial charge in [0.15, 0.2) is 0 Å². The zero-order valence-corrected chi connectivity index (χ0v) is 7.97. The smallest absolute Gasteiger partial charge is 0.336 e. The molecular weight excluding hydrogens is 192 g/mol. The van der Waals surface area contributed by atoms with Crippen molar-refractivity contribution in [1.29, 1.82) is 0 Å². The molecule has 3 N–H and O–H groups in total. The van der Waals surface area contributed by atoms with E-state index in [1.54, 1.807) is 6.92 Å². The van der Waals surface area contributed by atoms with Crippen LogP contribution in [0.25, 0.3) is 0 Å². The average molecular weight is 203 g/mol. The third-order valence-corrected chi connectivity index (χ3v) is 1.57. The van der Waals surface area contributed by atoms with Crippen molar-refractivity contribution in [3.8, 4) is 0 Å². The number of hydrogen-bond donors (Lipinski definition) is 2. The van der Waals surface area contributed by atoms with Crippen LogP contribution in [0.1, 0.15) is 21.6 Å². The van der Waals surface area contributed by atoms with Crippen LogP contribution in [-0.4, -0.2) is 16.1 Å². The summed E-state index contributed by atoms with van der Waals surface area (Å²) < 4.78 is 0. The first kappa shape index (κ1) is 11.9. The number of aromatic nitrogens is 1. The van der Waals surface area contributed by atoms with Gasteiger partial charge >= 0.3 is 5.97 Å². The molecule has 13 heavy (non-hydrogen) atoms. The summed E-state index contributed by atoms with van der Waals surface area (Å²) >= 11 is 0. The first-order valence-electron chi connectivity index (χ1n) is 3.54. The van der Waals surface area contributed by atoms with E-state index < -0.39 is 5.97 Å². The van der Waals surface area contributed by atoms with Crippen LogP contribution in [0.2, 0.25) is 0 Å². The molecule has 0 saturated carbocycles. The number of aryl methyl sites for hydroxylation is 1. The molecule has 0 spiro atoms. The van der Waals surface area contributed by atoms with Gasteiger partial charge in [-0.25, -0.2) is 4.79 Å². The van der Waals surface area contributed by atoms with Gasteiger partial charge in [-0.05, 0) is 18.6 Å². The summed E-state index contributed by atoms with van der Waals surface area (Å²) in [6.45, 7) is 1.95. The molecule has 72 valence electrons. The number of aromatic carboxylic acids is 1. The summed E-state index contributed by atoms with van der Waals surface area (Å²) in [4.78, 5) is 14.6. The molecule has 0 saturated heterocycles. The van der Waals surface area contributed by atoms with E-state index in [0.29, 0.717) is 11.3 Å². The van der Waals surface area contributed by atoms with Crippen LogP contribution in [0.4, 0.5) is 0 Å². The van der Waals surface area contributed by atoms with E-state index in [4.69, 9.17) is 10.8 Å². The molecule has 1 rings (SSSR count). The summed E-state index contributed by atoms with van der Waals surface area (Å²) in [6.07, 6.45) is 1.50. The van der Waals surface area contributed by atoms with Crippen molar-refractivity contribution in [2.24, 2.45) is 5.73 Å². The fraction of sp³-hybridized carbons (Fsp3) is 0.250. The Bertz CT molecular complexity index is 315. The standard InChI is InChI=1S/C8H10N2O2.ClH/c1-5-2-7(8(11)12)6(3-9)4-10-5;/h2,4H,3,9H2,1H3,(H,11,12);1H. The van der Waals surface area contributed by atoms with Gasteiger partial charge in [0.05, 0.1) is 5.56 Å². The molecule has 0 bridgehead atoms. The highest BCUT2D eigenvalue weighted by atomic mass is 35.5. The van der Waals surface area contributed by atoms with Gasteiger partial charge in [-0.15, -0.1) is 12.4 Å². The van der Waals surface area contributed by atoms with E-state index in [1.807, 2.05) is 0 Å². The lowest BCUT2D eigenvalue weighted by Gasteiger charge is -2.02. The van der Waals surface area contributed by atoms with Gasteiger partial charge in [-0.2, -0.15) is 0 Å². The van der Waals surface area contributed by atoms with Crippen LogP contribution in [0, 0.1) is 6.92 Å². The number of hydrogen-bond acceptors (Lipinski definition) is 3. The second-order valence-corrected chi connectivity index (χ2v) is 2.49. The maximum atomic E-state index is 10.6. The normalized spacial score (nSPS) is 9.08. The zero-order chi connectivity index (χ0) is 9.14. The topological polar surface area (TPSA) is 76.2 Å². The van der Waals surface area contributed by atoms with E-state index in [2.05, 4.69) is 4.98 Å². The van der Waals surface area contributed by atoms with Gasteiger partial charge < -0.3 is 10.8 Å². The quantitative estimate of drug-likeness (QED) is 0.749. The van der Waals surface area contributed by atoms with Crippen LogP contribution in [0.5, 0.6) is 0 Å². The molecule has 1 aromatic rings.